The van der Waals surface area contributed by atoms with Gasteiger partial charge in [-0.2, -0.15) is 20.4 Å². The van der Waals surface area contributed by atoms with Crippen molar-refractivity contribution in [3.05, 3.63) is 254 Å². The van der Waals surface area contributed by atoms with E-state index in [1.807, 2.05) is 172 Å². The number of hydrogen-bond donors (Lipinski definition) is 10. The standard InChI is InChI=1S/C26H27N7O.C25H23N7O2.C24H24N8O2.C24H25N7O.4CH4/c34-26(29-21-5-7-24(28-16-21)33-10-3-11-33)25-22-13-19(4-6-23(22)30-31-25)20-12-18(14-27-15-20)17-32-8-1-2-9-32;33-24(15-2-3-15)29-19-10-17(12-26-13-19)16-4-6-21-20(11-16)23(31-30-21)25(34)28-18-5-7-22(27-14-18)32-8-1-9-32;1-31(2)24(34)28-18-10-16(12-25-13-18)15-4-6-20-19(11-15)22(30-29-20)23(33)27-17-5-7-21(26-14-17)32-8-3-9-32;1-30(2)15-16-10-18(13-25-12-16)17-4-6-21-20(11-17)23(29-28-21)24(32)27-19-5-7-22(26-14-19)31-8-3-9-31;;;;/h4-7,12-16H,1-3,8-11,17H2,(H,29,34)(H,30,31);4-7,10-15H,1-3,8-9H2,(H,28,34)(H,29,33)(H,30,31);4-7,10-14H,3,8-9H2,1-2H3,(H,27,33)(H,28,34)(H,29,30);4-7,10-14H,3,8-9,15H2,1-2H3,(H,27,32)(H,28,29);4*1H4. The molecule has 16 aromatic rings. The summed E-state index contributed by atoms with van der Waals surface area (Å²) in [5.41, 5.74) is 17.9. The van der Waals surface area contributed by atoms with E-state index in [0.29, 0.717) is 62.0 Å². The highest BCUT2D eigenvalue weighted by Gasteiger charge is 2.31. The summed E-state index contributed by atoms with van der Waals surface area (Å²) in [5.74, 6) is 2.70. The number of fused-ring (bicyclic) bond motifs is 4. The molecule has 1 saturated carbocycles. The van der Waals surface area contributed by atoms with E-state index >= 15 is 0 Å². The third kappa shape index (κ3) is 22.5. The Bertz CT molecular complexity index is 6790. The van der Waals surface area contributed by atoms with Crippen LogP contribution in [0, 0.1) is 5.92 Å². The smallest absolute Gasteiger partial charge is 0.321 e. The first-order valence-corrected chi connectivity index (χ1v) is 44.9. The second-order valence-electron chi connectivity index (χ2n) is 34.5. The minimum Gasteiger partial charge on any atom is -0.356 e. The largest absolute Gasteiger partial charge is 0.356 e. The average Bonchev–Trinajstić information content (AvgIpc) is 1.64. The molecule has 708 valence electrons. The summed E-state index contributed by atoms with van der Waals surface area (Å²) in [4.78, 5) is 126. The summed E-state index contributed by atoms with van der Waals surface area (Å²) in [6.45, 7) is 12.3. The summed E-state index contributed by atoms with van der Waals surface area (Å²) >= 11 is 0. The van der Waals surface area contributed by atoms with E-state index in [0.717, 1.165) is 198 Å². The van der Waals surface area contributed by atoms with Crippen molar-refractivity contribution in [1.29, 1.82) is 0 Å². The molecule has 0 atom stereocenters. The lowest BCUT2D eigenvalue weighted by atomic mass is 10.0. The molecule has 5 saturated heterocycles. The van der Waals surface area contributed by atoms with Crippen molar-refractivity contribution < 1.29 is 28.8 Å². The number of H-pyrrole nitrogens is 4. The van der Waals surface area contributed by atoms with Crippen LogP contribution in [0.5, 0.6) is 0 Å². The van der Waals surface area contributed by atoms with Crippen LogP contribution in [0.15, 0.2) is 220 Å². The van der Waals surface area contributed by atoms with Crippen molar-refractivity contribution in [2.75, 3.05) is 145 Å². The van der Waals surface area contributed by atoms with Gasteiger partial charge in [-0.1, -0.05) is 54.0 Å². The molecule has 7 amide bonds. The number of benzene rings is 4. The first-order chi connectivity index (χ1) is 65.4. The molecule has 0 unspecified atom stereocenters. The first kappa shape index (κ1) is 96.3. The molecule has 138 heavy (non-hydrogen) atoms. The molecule has 0 bridgehead atoms. The number of pyridine rings is 8. The second-order valence-corrected chi connectivity index (χ2v) is 34.5. The van der Waals surface area contributed by atoms with Crippen LogP contribution in [0.4, 0.5) is 62.2 Å². The van der Waals surface area contributed by atoms with Gasteiger partial charge in [0.2, 0.25) is 5.91 Å². The van der Waals surface area contributed by atoms with Crippen molar-refractivity contribution in [2.24, 2.45) is 5.92 Å². The van der Waals surface area contributed by atoms with Gasteiger partial charge < -0.3 is 61.3 Å². The maximum atomic E-state index is 13.0. The number of urea groups is 1. The summed E-state index contributed by atoms with van der Waals surface area (Å²) < 4.78 is 0. The zero-order valence-electron chi connectivity index (χ0n) is 74.5. The highest BCUT2D eigenvalue weighted by Crippen LogP contribution is 2.36. The number of anilines is 10. The predicted molar refractivity (Wildman–Crippen MR) is 546 cm³/mol. The quantitative estimate of drug-likeness (QED) is 0.0284. The molecule has 5 aliphatic heterocycles. The SMILES string of the molecule is C.C.C.C.CN(C)C(=O)Nc1cncc(-c2ccc3[nH]nc(C(=O)Nc4ccc(N5CCC5)nc4)c3c2)c1.CN(C)Cc1cncc(-c2ccc3[nH]nc(C(=O)Nc4ccc(N5CCC5)nc4)c3c2)c1.O=C(Nc1ccc(N2CCC2)nc1)c1n[nH]c2ccc(-c3cncc(CN4CCCC4)c3)cc12.O=C(Nc1ccc(N2CCC2)nc1)c1n[nH]c2ccc(-c3cncc(NC(=O)C4CC4)c3)cc12. The van der Waals surface area contributed by atoms with Gasteiger partial charge in [0, 0.05) is 166 Å². The molecule has 35 nitrogen and oxygen atoms in total. The molecule has 10 N–H and O–H groups in total. The number of amides is 7. The van der Waals surface area contributed by atoms with Crippen LogP contribution in [-0.2, 0) is 17.9 Å². The Morgan fingerprint density at radius 1 is 0.319 bits per heavy atom. The minimum atomic E-state index is -0.327. The molecule has 4 aromatic carbocycles. The number of carbonyl (C=O) groups excluding carboxylic acids is 6. The zero-order valence-corrected chi connectivity index (χ0v) is 74.5. The number of nitrogens with one attached hydrogen (secondary N) is 10. The molecule has 6 fully saturated rings. The Hall–Kier alpha value is -16.3. The van der Waals surface area contributed by atoms with Crippen molar-refractivity contribution in [3.63, 3.8) is 0 Å². The fraction of sp³-hybridized carbons (Fsp3) is 0.282. The average molecular weight is 1860 g/mol. The second kappa shape index (κ2) is 43.4. The Balaban J connectivity index is 0.000000138. The van der Waals surface area contributed by atoms with Gasteiger partial charge >= 0.3 is 6.03 Å². The maximum absolute atomic E-state index is 13.0. The van der Waals surface area contributed by atoms with Crippen LogP contribution in [0.1, 0.15) is 134 Å². The lowest BCUT2D eigenvalue weighted by molar-refractivity contribution is -0.117. The number of nitrogens with zero attached hydrogens (tertiary/aromatic N) is 19. The Kier molecular flexibility index (Phi) is 30.3. The summed E-state index contributed by atoms with van der Waals surface area (Å²) in [6, 6.07) is 46.3. The minimum absolute atomic E-state index is 0. The molecular weight excluding hydrogens is 1740 g/mol. The van der Waals surface area contributed by atoms with Crippen LogP contribution in [0.3, 0.4) is 0 Å². The molecule has 0 radical (unpaired) electrons. The highest BCUT2D eigenvalue weighted by molar-refractivity contribution is 6.15. The van der Waals surface area contributed by atoms with Crippen LogP contribution >= 0.6 is 0 Å². The van der Waals surface area contributed by atoms with E-state index in [1.165, 1.54) is 49.0 Å². The molecule has 1 aliphatic carbocycles. The van der Waals surface area contributed by atoms with Gasteiger partial charge in [-0.25, -0.2) is 24.7 Å². The summed E-state index contributed by atoms with van der Waals surface area (Å²) in [5, 5.41) is 49.0. The lowest BCUT2D eigenvalue weighted by Crippen LogP contribution is -2.37. The van der Waals surface area contributed by atoms with Gasteiger partial charge in [0.25, 0.3) is 23.6 Å². The van der Waals surface area contributed by atoms with E-state index in [1.54, 1.807) is 63.7 Å². The Labute approximate surface area is 799 Å². The number of aromatic nitrogens is 16. The highest BCUT2D eigenvalue weighted by atomic mass is 16.2. The molecule has 6 aliphatic rings. The molecule has 17 heterocycles. The predicted octanol–water partition coefficient (Wildman–Crippen LogP) is 17.6. The number of hydrogen-bond acceptors (Lipinski definition) is 24. The first-order valence-electron chi connectivity index (χ1n) is 44.9. The van der Waals surface area contributed by atoms with Gasteiger partial charge in [0.15, 0.2) is 22.8 Å². The van der Waals surface area contributed by atoms with Crippen molar-refractivity contribution in [3.8, 4) is 44.5 Å². The third-order valence-electron chi connectivity index (χ3n) is 24.2. The number of carbonyl (C=O) groups is 6. The zero-order chi connectivity index (χ0) is 91.7. The van der Waals surface area contributed by atoms with Crippen molar-refractivity contribution >= 4 is 137 Å². The Morgan fingerprint density at radius 3 is 0.928 bits per heavy atom. The number of aromatic amines is 4. The normalized spacial score (nSPS) is 13.9. The van der Waals surface area contributed by atoms with Crippen LogP contribution in [-0.4, -0.2) is 225 Å². The van der Waals surface area contributed by atoms with E-state index in [2.05, 4.69) is 154 Å². The topological polar surface area (TPSA) is 415 Å². The molecular formula is C103H115N29O6. The third-order valence-corrected chi connectivity index (χ3v) is 24.2. The fourth-order valence-electron chi connectivity index (χ4n) is 16.2. The maximum Gasteiger partial charge on any atom is 0.321 e. The van der Waals surface area contributed by atoms with Gasteiger partial charge in [-0.3, -0.25) is 69.2 Å². The molecule has 0 spiro atoms. The monoisotopic (exact) mass is 1850 g/mol. The van der Waals surface area contributed by atoms with Crippen molar-refractivity contribution in [1.82, 2.24) is 95.4 Å². The number of likely N-dealkylation sites (tertiary alicyclic amines) is 1. The van der Waals surface area contributed by atoms with Gasteiger partial charge in [0.05, 0.1) is 93.4 Å². The summed E-state index contributed by atoms with van der Waals surface area (Å²) in [7, 11) is 7.40. The molecule has 22 rings (SSSR count). The fourth-order valence-corrected chi connectivity index (χ4v) is 16.2. The van der Waals surface area contributed by atoms with Crippen LogP contribution in [0.25, 0.3) is 88.1 Å². The molecule has 35 heteroatoms. The van der Waals surface area contributed by atoms with Crippen LogP contribution in [0.2, 0.25) is 0 Å². The molecule has 12 aromatic heterocycles. The van der Waals surface area contributed by atoms with Crippen LogP contribution < -0.4 is 51.5 Å². The van der Waals surface area contributed by atoms with E-state index in [-0.39, 0.29) is 76.9 Å². The van der Waals surface area contributed by atoms with Crippen molar-refractivity contribution in [2.45, 2.75) is 94.2 Å². The van der Waals surface area contributed by atoms with E-state index < -0.39 is 0 Å². The number of rotatable bonds is 23. The van der Waals surface area contributed by atoms with Gasteiger partial charge in [0.1, 0.15) is 23.3 Å². The van der Waals surface area contributed by atoms with E-state index in [4.69, 9.17) is 0 Å². The van der Waals surface area contributed by atoms with Gasteiger partial charge in [-0.15, -0.1) is 0 Å². The summed E-state index contributed by atoms with van der Waals surface area (Å²) in [6.07, 6.45) is 30.1. The Morgan fingerprint density at radius 2 is 0.630 bits per heavy atom. The van der Waals surface area contributed by atoms with Gasteiger partial charge in [-0.05, 0) is 233 Å². The van der Waals surface area contributed by atoms with E-state index in [9.17, 15) is 28.8 Å². The lowest BCUT2D eigenvalue weighted by Gasteiger charge is -2.31.